The molecule has 1 heterocycles. The molecule has 0 spiro atoms. The highest BCUT2D eigenvalue weighted by molar-refractivity contribution is 7.14. The molecule has 1 fully saturated rings. The van der Waals surface area contributed by atoms with Crippen molar-refractivity contribution in [3.63, 3.8) is 0 Å². The maximum atomic E-state index is 12.4. The van der Waals surface area contributed by atoms with E-state index in [9.17, 15) is 14.7 Å². The average Bonchev–Trinajstić information content (AvgIpc) is 3.05. The Kier molecular flexibility index (Phi) is 5.36. The van der Waals surface area contributed by atoms with Crippen LogP contribution in [0.1, 0.15) is 40.7 Å². The molecule has 0 aliphatic heterocycles. The van der Waals surface area contributed by atoms with Crippen LogP contribution in [0.25, 0.3) is 0 Å². The average molecular weight is 310 g/mol. The van der Waals surface area contributed by atoms with Crippen molar-refractivity contribution >= 4 is 23.2 Å². The number of hydrogen-bond acceptors (Lipinski definition) is 4. The molecule has 0 radical (unpaired) electrons. The van der Waals surface area contributed by atoms with Gasteiger partial charge in [0.2, 0.25) is 5.91 Å². The molecule has 116 valence electrons. The van der Waals surface area contributed by atoms with Gasteiger partial charge in [-0.2, -0.15) is 0 Å². The van der Waals surface area contributed by atoms with E-state index < -0.39 is 0 Å². The SMILES string of the molecule is CC(=O)NCc1ccc(C(=O)N(C)CC2CCCC2O)s1. The van der Waals surface area contributed by atoms with Gasteiger partial charge in [-0.1, -0.05) is 6.42 Å². The predicted octanol–water partition coefficient (Wildman–Crippen LogP) is 1.62. The quantitative estimate of drug-likeness (QED) is 0.868. The molecule has 1 aliphatic carbocycles. The van der Waals surface area contributed by atoms with Gasteiger partial charge in [0.25, 0.3) is 5.91 Å². The molecule has 1 aromatic rings. The molecule has 1 aromatic heterocycles. The number of rotatable bonds is 5. The number of aliphatic hydroxyl groups excluding tert-OH is 1. The third-order valence-electron chi connectivity index (χ3n) is 3.86. The molecule has 0 saturated heterocycles. The second-order valence-corrected chi connectivity index (χ2v) is 6.79. The Balaban J connectivity index is 1.91. The van der Waals surface area contributed by atoms with Crippen LogP contribution in [0.2, 0.25) is 0 Å². The predicted molar refractivity (Wildman–Crippen MR) is 82.1 cm³/mol. The second kappa shape index (κ2) is 7.04. The third-order valence-corrected chi connectivity index (χ3v) is 4.93. The molecular weight excluding hydrogens is 288 g/mol. The van der Waals surface area contributed by atoms with Crippen LogP contribution in [0.5, 0.6) is 0 Å². The van der Waals surface area contributed by atoms with E-state index in [0.717, 1.165) is 24.1 Å². The van der Waals surface area contributed by atoms with Gasteiger partial charge in [0, 0.05) is 31.3 Å². The number of nitrogens with one attached hydrogen (secondary N) is 1. The van der Waals surface area contributed by atoms with E-state index in [1.54, 1.807) is 18.0 Å². The van der Waals surface area contributed by atoms with Crippen LogP contribution in [0.4, 0.5) is 0 Å². The fourth-order valence-corrected chi connectivity index (χ4v) is 3.59. The number of hydrogen-bond donors (Lipinski definition) is 2. The van der Waals surface area contributed by atoms with Gasteiger partial charge < -0.3 is 15.3 Å². The molecule has 2 N–H and O–H groups in total. The lowest BCUT2D eigenvalue weighted by Gasteiger charge is -2.22. The highest BCUT2D eigenvalue weighted by atomic mass is 32.1. The molecule has 2 unspecified atom stereocenters. The Bertz CT molecular complexity index is 515. The Morgan fingerprint density at radius 2 is 2.19 bits per heavy atom. The number of nitrogens with zero attached hydrogens (tertiary/aromatic N) is 1. The van der Waals surface area contributed by atoms with Crippen molar-refractivity contribution in [1.29, 1.82) is 0 Å². The minimum atomic E-state index is -0.279. The van der Waals surface area contributed by atoms with Gasteiger partial charge in [-0.15, -0.1) is 11.3 Å². The smallest absolute Gasteiger partial charge is 0.263 e. The summed E-state index contributed by atoms with van der Waals surface area (Å²) in [5.74, 6) is 0.0922. The van der Waals surface area contributed by atoms with Gasteiger partial charge in [-0.05, 0) is 25.0 Å². The van der Waals surface area contributed by atoms with Gasteiger partial charge in [0.1, 0.15) is 0 Å². The largest absolute Gasteiger partial charge is 0.393 e. The number of thiophene rings is 1. The van der Waals surface area contributed by atoms with Crippen LogP contribution in [0, 0.1) is 5.92 Å². The van der Waals surface area contributed by atoms with Gasteiger partial charge in [0.15, 0.2) is 0 Å². The molecule has 2 rings (SSSR count). The van der Waals surface area contributed by atoms with Crippen LogP contribution in [0.3, 0.4) is 0 Å². The van der Waals surface area contributed by atoms with Crippen molar-refractivity contribution in [1.82, 2.24) is 10.2 Å². The minimum Gasteiger partial charge on any atom is -0.393 e. The number of aliphatic hydroxyl groups is 1. The molecule has 6 heteroatoms. The topological polar surface area (TPSA) is 69.6 Å². The summed E-state index contributed by atoms with van der Waals surface area (Å²) in [5, 5.41) is 12.6. The fraction of sp³-hybridized carbons (Fsp3) is 0.600. The molecule has 2 atom stereocenters. The summed E-state index contributed by atoms with van der Waals surface area (Å²) < 4.78 is 0. The molecule has 1 aliphatic rings. The summed E-state index contributed by atoms with van der Waals surface area (Å²) in [6.45, 7) is 2.53. The summed E-state index contributed by atoms with van der Waals surface area (Å²) in [5.41, 5.74) is 0. The van der Waals surface area contributed by atoms with E-state index >= 15 is 0 Å². The van der Waals surface area contributed by atoms with E-state index in [1.807, 2.05) is 6.07 Å². The minimum absolute atomic E-state index is 0.0202. The van der Waals surface area contributed by atoms with E-state index in [0.29, 0.717) is 18.0 Å². The zero-order chi connectivity index (χ0) is 15.4. The lowest BCUT2D eigenvalue weighted by Crippen LogP contribution is -2.34. The van der Waals surface area contributed by atoms with E-state index in [-0.39, 0.29) is 23.8 Å². The first-order chi connectivity index (χ1) is 9.97. The normalized spacial score (nSPS) is 21.3. The zero-order valence-corrected chi connectivity index (χ0v) is 13.3. The molecule has 5 nitrogen and oxygen atoms in total. The first-order valence-electron chi connectivity index (χ1n) is 7.24. The van der Waals surface area contributed by atoms with E-state index in [1.165, 1.54) is 18.3 Å². The molecule has 21 heavy (non-hydrogen) atoms. The van der Waals surface area contributed by atoms with Crippen molar-refractivity contribution in [3.05, 3.63) is 21.9 Å². The standard InChI is InChI=1S/C15H22N2O3S/c1-10(18)16-8-12-6-7-14(21-12)15(20)17(2)9-11-4-3-5-13(11)19/h6-7,11,13,19H,3-5,8-9H2,1-2H3,(H,16,18). The summed E-state index contributed by atoms with van der Waals surface area (Å²) >= 11 is 1.40. The summed E-state index contributed by atoms with van der Waals surface area (Å²) in [4.78, 5) is 26.6. The Labute approximate surface area is 129 Å². The van der Waals surface area contributed by atoms with Gasteiger partial charge >= 0.3 is 0 Å². The van der Waals surface area contributed by atoms with Crippen LogP contribution in [-0.4, -0.2) is 41.5 Å². The van der Waals surface area contributed by atoms with Gasteiger partial charge in [0.05, 0.1) is 17.5 Å². The lowest BCUT2D eigenvalue weighted by molar-refractivity contribution is -0.119. The van der Waals surface area contributed by atoms with Crippen LogP contribution in [-0.2, 0) is 11.3 Å². The van der Waals surface area contributed by atoms with Crippen LogP contribution < -0.4 is 5.32 Å². The van der Waals surface area contributed by atoms with Crippen molar-refractivity contribution in [3.8, 4) is 0 Å². The van der Waals surface area contributed by atoms with Crippen LogP contribution in [0.15, 0.2) is 12.1 Å². The molecule has 1 saturated carbocycles. The van der Waals surface area contributed by atoms with Crippen molar-refractivity contribution in [2.24, 2.45) is 5.92 Å². The highest BCUT2D eigenvalue weighted by Crippen LogP contribution is 2.27. The third kappa shape index (κ3) is 4.28. The number of carbonyl (C=O) groups is 2. The van der Waals surface area contributed by atoms with Gasteiger partial charge in [-0.25, -0.2) is 0 Å². The van der Waals surface area contributed by atoms with Gasteiger partial charge in [-0.3, -0.25) is 9.59 Å². The van der Waals surface area contributed by atoms with Crippen LogP contribution >= 0.6 is 11.3 Å². The monoisotopic (exact) mass is 310 g/mol. The zero-order valence-electron chi connectivity index (χ0n) is 12.5. The van der Waals surface area contributed by atoms with Crippen molar-refractivity contribution < 1.29 is 14.7 Å². The first kappa shape index (κ1) is 16.0. The molecule has 2 amide bonds. The second-order valence-electron chi connectivity index (χ2n) is 5.62. The Morgan fingerprint density at radius 1 is 1.43 bits per heavy atom. The first-order valence-corrected chi connectivity index (χ1v) is 8.05. The fourth-order valence-electron chi connectivity index (χ4n) is 2.65. The molecule has 0 bridgehead atoms. The number of amides is 2. The molecular formula is C15H22N2O3S. The Hall–Kier alpha value is -1.40. The number of carbonyl (C=O) groups excluding carboxylic acids is 2. The molecule has 0 aromatic carbocycles. The maximum Gasteiger partial charge on any atom is 0.263 e. The Morgan fingerprint density at radius 3 is 2.81 bits per heavy atom. The van der Waals surface area contributed by atoms with E-state index in [2.05, 4.69) is 5.32 Å². The summed E-state index contributed by atoms with van der Waals surface area (Å²) in [7, 11) is 1.78. The van der Waals surface area contributed by atoms with E-state index in [4.69, 9.17) is 0 Å². The summed E-state index contributed by atoms with van der Waals surface area (Å²) in [6, 6.07) is 3.66. The maximum absolute atomic E-state index is 12.4. The summed E-state index contributed by atoms with van der Waals surface area (Å²) in [6.07, 6.45) is 2.58. The highest BCUT2D eigenvalue weighted by Gasteiger charge is 2.28. The lowest BCUT2D eigenvalue weighted by atomic mass is 10.1. The van der Waals surface area contributed by atoms with Crippen molar-refractivity contribution in [2.45, 2.75) is 38.8 Å². The van der Waals surface area contributed by atoms with Crippen molar-refractivity contribution in [2.75, 3.05) is 13.6 Å².